The van der Waals surface area contributed by atoms with Crippen LogP contribution >= 0.6 is 11.8 Å². The minimum atomic E-state index is -0.661. The normalized spacial score (nSPS) is 16.3. The Morgan fingerprint density at radius 3 is 1.90 bits per heavy atom. The van der Waals surface area contributed by atoms with Crippen molar-refractivity contribution in [3.63, 3.8) is 0 Å². The second kappa shape index (κ2) is 16.8. The number of carbonyl (C=O) groups is 2. The fourth-order valence-electron chi connectivity index (χ4n) is 7.16. The van der Waals surface area contributed by atoms with Crippen molar-refractivity contribution in [1.29, 1.82) is 0 Å². The molecule has 0 aromatic heterocycles. The Labute approximate surface area is 312 Å². The molecule has 1 heterocycles. The highest BCUT2D eigenvalue weighted by atomic mass is 32.2. The first kappa shape index (κ1) is 37.1. The van der Waals surface area contributed by atoms with Crippen molar-refractivity contribution in [1.82, 2.24) is 15.1 Å². The van der Waals surface area contributed by atoms with Gasteiger partial charge in [-0.25, -0.2) is 4.79 Å². The molecule has 1 fully saturated rings. The van der Waals surface area contributed by atoms with Crippen molar-refractivity contribution < 1.29 is 19.1 Å². The Morgan fingerprint density at radius 1 is 0.769 bits per heavy atom. The van der Waals surface area contributed by atoms with Crippen LogP contribution in [0.2, 0.25) is 0 Å². The molecule has 0 bridgehead atoms. The summed E-state index contributed by atoms with van der Waals surface area (Å²) in [5, 5.41) is 5.63. The molecule has 0 saturated carbocycles. The number of nitrogens with zero attached hydrogens (tertiary/aromatic N) is 2. The van der Waals surface area contributed by atoms with Gasteiger partial charge in [0, 0.05) is 38.5 Å². The lowest BCUT2D eigenvalue weighted by Gasteiger charge is -2.42. The molecule has 5 aromatic carbocycles. The first-order valence-corrected chi connectivity index (χ1v) is 19.0. The van der Waals surface area contributed by atoms with Crippen LogP contribution in [-0.4, -0.2) is 78.6 Å². The maximum absolute atomic E-state index is 13.4. The second-order valence-corrected chi connectivity index (χ2v) is 15.6. The Balaban J connectivity index is 1.30. The molecule has 1 aliphatic rings. The quantitative estimate of drug-likeness (QED) is 0.103. The molecule has 1 N–H and O–H groups in total. The van der Waals surface area contributed by atoms with Gasteiger partial charge in [-0.2, -0.15) is 0 Å². The standard InChI is InChI=1S/C44H49N3O4S/c1-43(2,3)51-42(49)45-38(32-52-44(35-20-8-5-9-21-35,36-22-10-6-11-23-36)37-24-12-7-13-25-37)30-47-28-27-46(31-40(47)41(48)50-4)29-34-19-16-18-33-17-14-15-26-39(33)34/h5-26,38,40H,27-32H2,1-4H3,(H,45,49)/t38-,40?/m1/s1. The third kappa shape index (κ3) is 8.87. The van der Waals surface area contributed by atoms with E-state index in [4.69, 9.17) is 9.47 Å². The Bertz CT molecular complexity index is 1810. The number of rotatable bonds is 12. The third-order valence-corrected chi connectivity index (χ3v) is 11.2. The van der Waals surface area contributed by atoms with Crippen LogP contribution < -0.4 is 5.32 Å². The Kier molecular flexibility index (Phi) is 12.0. The van der Waals surface area contributed by atoms with Crippen LogP contribution in [0, 0.1) is 0 Å². The molecule has 270 valence electrons. The molecule has 52 heavy (non-hydrogen) atoms. The topological polar surface area (TPSA) is 71.1 Å². The number of carbonyl (C=O) groups excluding carboxylic acids is 2. The molecule has 8 heteroatoms. The Hall–Kier alpha value is -4.63. The van der Waals surface area contributed by atoms with Crippen LogP contribution in [0.15, 0.2) is 133 Å². The zero-order valence-corrected chi connectivity index (χ0v) is 31.4. The molecule has 0 radical (unpaired) electrons. The average molecular weight is 716 g/mol. The highest BCUT2D eigenvalue weighted by Gasteiger charge is 2.40. The van der Waals surface area contributed by atoms with Crippen LogP contribution in [0.4, 0.5) is 4.79 Å². The van der Waals surface area contributed by atoms with Crippen molar-refractivity contribution in [2.75, 3.05) is 39.0 Å². The number of nitrogens with one attached hydrogen (secondary N) is 1. The van der Waals surface area contributed by atoms with Crippen LogP contribution in [-0.2, 0) is 25.6 Å². The number of hydrogen-bond donors (Lipinski definition) is 1. The zero-order valence-electron chi connectivity index (χ0n) is 30.5. The number of amides is 1. The number of methoxy groups -OCH3 is 1. The van der Waals surface area contributed by atoms with E-state index in [0.29, 0.717) is 25.4 Å². The highest BCUT2D eigenvalue weighted by Crippen LogP contribution is 2.48. The highest BCUT2D eigenvalue weighted by molar-refractivity contribution is 8.00. The average Bonchev–Trinajstić information content (AvgIpc) is 3.16. The number of esters is 1. The van der Waals surface area contributed by atoms with Crippen LogP contribution in [0.25, 0.3) is 10.8 Å². The van der Waals surface area contributed by atoms with Gasteiger partial charge < -0.3 is 14.8 Å². The summed E-state index contributed by atoms with van der Waals surface area (Å²) in [6.45, 7) is 8.70. The molecule has 2 atom stereocenters. The Morgan fingerprint density at radius 2 is 1.33 bits per heavy atom. The van der Waals surface area contributed by atoms with E-state index < -0.39 is 22.5 Å². The summed E-state index contributed by atoms with van der Waals surface area (Å²) in [6, 6.07) is 45.5. The fraction of sp³-hybridized carbons (Fsp3) is 0.318. The molecule has 1 saturated heterocycles. The van der Waals surface area contributed by atoms with Crippen molar-refractivity contribution in [2.45, 2.75) is 49.7 Å². The molecule has 7 nitrogen and oxygen atoms in total. The molecular weight excluding hydrogens is 667 g/mol. The summed E-state index contributed by atoms with van der Waals surface area (Å²) in [7, 11) is 1.45. The number of ether oxygens (including phenoxy) is 2. The van der Waals surface area contributed by atoms with Gasteiger partial charge in [-0.15, -0.1) is 11.8 Å². The first-order valence-electron chi connectivity index (χ1n) is 18.0. The molecule has 1 aliphatic heterocycles. The number of hydrogen-bond acceptors (Lipinski definition) is 7. The minimum absolute atomic E-state index is 0.279. The van der Waals surface area contributed by atoms with Gasteiger partial charge in [-0.05, 0) is 53.8 Å². The lowest BCUT2D eigenvalue weighted by Crippen LogP contribution is -2.60. The van der Waals surface area contributed by atoms with E-state index in [1.54, 1.807) is 11.8 Å². The van der Waals surface area contributed by atoms with Gasteiger partial charge in [0.15, 0.2) is 0 Å². The minimum Gasteiger partial charge on any atom is -0.468 e. The van der Waals surface area contributed by atoms with Gasteiger partial charge in [0.2, 0.25) is 0 Å². The van der Waals surface area contributed by atoms with Crippen LogP contribution in [0.3, 0.4) is 0 Å². The van der Waals surface area contributed by atoms with Gasteiger partial charge in [-0.1, -0.05) is 133 Å². The molecule has 6 rings (SSSR count). The fourth-order valence-corrected chi connectivity index (χ4v) is 8.71. The molecule has 1 unspecified atom stereocenters. The maximum Gasteiger partial charge on any atom is 0.407 e. The largest absolute Gasteiger partial charge is 0.468 e. The van der Waals surface area contributed by atoms with Crippen LogP contribution in [0.1, 0.15) is 43.0 Å². The van der Waals surface area contributed by atoms with Crippen molar-refractivity contribution >= 4 is 34.6 Å². The molecular formula is C44H49N3O4S. The van der Waals surface area contributed by atoms with E-state index in [2.05, 4.69) is 130 Å². The maximum atomic E-state index is 13.4. The second-order valence-electron chi connectivity index (χ2n) is 14.3. The van der Waals surface area contributed by atoms with E-state index in [9.17, 15) is 9.59 Å². The number of fused-ring (bicyclic) bond motifs is 1. The van der Waals surface area contributed by atoms with E-state index in [-0.39, 0.29) is 12.0 Å². The predicted octanol–water partition coefficient (Wildman–Crippen LogP) is 8.12. The lowest BCUT2D eigenvalue weighted by atomic mass is 9.84. The van der Waals surface area contributed by atoms with E-state index in [0.717, 1.165) is 29.8 Å². The summed E-state index contributed by atoms with van der Waals surface area (Å²) in [5.74, 6) is 0.265. The van der Waals surface area contributed by atoms with Crippen molar-refractivity contribution in [2.24, 2.45) is 0 Å². The van der Waals surface area contributed by atoms with Gasteiger partial charge >= 0.3 is 12.1 Å². The number of alkyl carbamates (subject to hydrolysis) is 1. The number of piperazine rings is 1. The van der Waals surface area contributed by atoms with Crippen molar-refractivity contribution in [3.05, 3.63) is 156 Å². The van der Waals surface area contributed by atoms with Gasteiger partial charge in [0.25, 0.3) is 0 Å². The van der Waals surface area contributed by atoms with E-state index in [1.165, 1.54) is 23.4 Å². The van der Waals surface area contributed by atoms with E-state index in [1.807, 2.05) is 39.0 Å². The van der Waals surface area contributed by atoms with Crippen LogP contribution in [0.5, 0.6) is 0 Å². The third-order valence-electron chi connectivity index (χ3n) is 9.54. The SMILES string of the molecule is COC(=O)C1CN(Cc2cccc3ccccc23)CCN1C[C@H](CSC(c1ccccc1)(c1ccccc1)c1ccccc1)NC(=O)OC(C)(C)C. The number of thioether (sulfide) groups is 1. The molecule has 1 amide bonds. The first-order chi connectivity index (χ1) is 25.2. The van der Waals surface area contributed by atoms with E-state index >= 15 is 0 Å². The predicted molar refractivity (Wildman–Crippen MR) is 211 cm³/mol. The van der Waals surface area contributed by atoms with Gasteiger partial charge in [0.05, 0.1) is 17.9 Å². The number of benzene rings is 5. The lowest BCUT2D eigenvalue weighted by molar-refractivity contribution is -0.149. The smallest absolute Gasteiger partial charge is 0.407 e. The summed E-state index contributed by atoms with van der Waals surface area (Å²) < 4.78 is 10.6. The summed E-state index contributed by atoms with van der Waals surface area (Å²) in [6.07, 6.45) is -0.480. The summed E-state index contributed by atoms with van der Waals surface area (Å²) in [5.41, 5.74) is 4.00. The zero-order chi connectivity index (χ0) is 36.6. The summed E-state index contributed by atoms with van der Waals surface area (Å²) >= 11 is 1.78. The molecule has 5 aromatic rings. The monoisotopic (exact) mass is 715 g/mol. The van der Waals surface area contributed by atoms with Crippen molar-refractivity contribution in [3.8, 4) is 0 Å². The van der Waals surface area contributed by atoms with Gasteiger partial charge in [0.1, 0.15) is 11.6 Å². The molecule has 0 spiro atoms. The van der Waals surface area contributed by atoms with Gasteiger partial charge in [-0.3, -0.25) is 14.6 Å². The molecule has 0 aliphatic carbocycles. The summed E-state index contributed by atoms with van der Waals surface area (Å²) in [4.78, 5) is 31.4.